The van der Waals surface area contributed by atoms with E-state index in [0.717, 1.165) is 11.1 Å². The Hall–Kier alpha value is -1.84. The van der Waals surface area contributed by atoms with Crippen LogP contribution in [0.25, 0.3) is 0 Å². The largest absolute Gasteiger partial charge is 0.508 e. The topological polar surface area (TPSA) is 66.4 Å². The molecule has 0 spiro atoms. The third-order valence-corrected chi connectivity index (χ3v) is 2.57. The van der Waals surface area contributed by atoms with Gasteiger partial charge in [0.15, 0.2) is 5.78 Å². The second-order valence-electron chi connectivity index (χ2n) is 4.19. The van der Waals surface area contributed by atoms with Crippen LogP contribution in [-0.4, -0.2) is 22.8 Å². The summed E-state index contributed by atoms with van der Waals surface area (Å²) in [6, 6.07) is 4.65. The zero-order valence-electron chi connectivity index (χ0n) is 10.3. The SMILES string of the molecule is CC(=O)N[C@@H](Cc1ccc(O)c(C)c1)C(C)=O. The van der Waals surface area contributed by atoms with Crippen molar-refractivity contribution in [2.24, 2.45) is 0 Å². The van der Waals surface area contributed by atoms with E-state index in [0.29, 0.717) is 6.42 Å². The molecule has 0 aliphatic rings. The van der Waals surface area contributed by atoms with Crippen molar-refractivity contribution in [2.45, 2.75) is 33.2 Å². The lowest BCUT2D eigenvalue weighted by Crippen LogP contribution is -2.40. The fourth-order valence-corrected chi connectivity index (χ4v) is 1.62. The highest BCUT2D eigenvalue weighted by Crippen LogP contribution is 2.18. The minimum atomic E-state index is -0.503. The van der Waals surface area contributed by atoms with Crippen molar-refractivity contribution in [1.29, 1.82) is 0 Å². The maximum absolute atomic E-state index is 11.4. The fraction of sp³-hybridized carbons (Fsp3) is 0.385. The van der Waals surface area contributed by atoms with Crippen LogP contribution < -0.4 is 5.32 Å². The number of phenols is 1. The lowest BCUT2D eigenvalue weighted by atomic mass is 10.0. The third kappa shape index (κ3) is 3.90. The molecule has 0 radical (unpaired) electrons. The standard InChI is InChI=1S/C13H17NO3/c1-8-6-11(4-5-13(8)17)7-12(9(2)15)14-10(3)16/h4-6,12,17H,7H2,1-3H3,(H,14,16)/t12-/m0/s1. The van der Waals surface area contributed by atoms with Gasteiger partial charge in [-0.3, -0.25) is 9.59 Å². The molecule has 0 unspecified atom stereocenters. The lowest BCUT2D eigenvalue weighted by molar-refractivity contribution is -0.125. The first-order valence-corrected chi connectivity index (χ1v) is 5.46. The summed E-state index contributed by atoms with van der Waals surface area (Å²) in [6.07, 6.45) is 0.441. The van der Waals surface area contributed by atoms with Crippen molar-refractivity contribution in [1.82, 2.24) is 5.32 Å². The van der Waals surface area contributed by atoms with Gasteiger partial charge in [-0.25, -0.2) is 0 Å². The van der Waals surface area contributed by atoms with Crippen LogP contribution in [0, 0.1) is 6.92 Å². The van der Waals surface area contributed by atoms with E-state index in [2.05, 4.69) is 5.32 Å². The van der Waals surface area contributed by atoms with E-state index in [-0.39, 0.29) is 17.4 Å². The number of amides is 1. The maximum atomic E-state index is 11.4. The molecule has 4 heteroatoms. The van der Waals surface area contributed by atoms with E-state index in [1.165, 1.54) is 13.8 Å². The minimum absolute atomic E-state index is 0.0778. The van der Waals surface area contributed by atoms with E-state index in [1.54, 1.807) is 19.1 Å². The predicted molar refractivity (Wildman–Crippen MR) is 64.8 cm³/mol. The summed E-state index contributed by atoms with van der Waals surface area (Å²) in [5, 5.41) is 12.0. The van der Waals surface area contributed by atoms with Crippen LogP contribution in [0.1, 0.15) is 25.0 Å². The Balaban J connectivity index is 2.82. The molecule has 0 saturated carbocycles. The van der Waals surface area contributed by atoms with Crippen molar-refractivity contribution in [3.63, 3.8) is 0 Å². The molecule has 1 rings (SSSR count). The Labute approximate surface area is 101 Å². The number of rotatable bonds is 4. The molecule has 0 saturated heterocycles. The second-order valence-corrected chi connectivity index (χ2v) is 4.19. The molecule has 1 aromatic carbocycles. The lowest BCUT2D eigenvalue weighted by Gasteiger charge is -2.15. The average molecular weight is 235 g/mol. The predicted octanol–water partition coefficient (Wildman–Crippen LogP) is 1.34. The van der Waals surface area contributed by atoms with Gasteiger partial charge >= 0.3 is 0 Å². The van der Waals surface area contributed by atoms with Gasteiger partial charge < -0.3 is 10.4 Å². The molecule has 0 fully saturated rings. The Morgan fingerprint density at radius 3 is 2.47 bits per heavy atom. The number of hydrogen-bond acceptors (Lipinski definition) is 3. The maximum Gasteiger partial charge on any atom is 0.217 e. The summed E-state index contributed by atoms with van der Waals surface area (Å²) >= 11 is 0. The van der Waals surface area contributed by atoms with Crippen molar-refractivity contribution < 1.29 is 14.7 Å². The zero-order chi connectivity index (χ0) is 13.0. The minimum Gasteiger partial charge on any atom is -0.508 e. The van der Waals surface area contributed by atoms with Gasteiger partial charge in [-0.2, -0.15) is 0 Å². The number of ketones is 1. The summed E-state index contributed by atoms with van der Waals surface area (Å²) in [5.74, 6) is -0.0701. The average Bonchev–Trinajstić information content (AvgIpc) is 2.21. The highest BCUT2D eigenvalue weighted by Gasteiger charge is 2.15. The van der Waals surface area contributed by atoms with E-state index >= 15 is 0 Å². The molecule has 0 bridgehead atoms. The third-order valence-electron chi connectivity index (χ3n) is 2.57. The first-order valence-electron chi connectivity index (χ1n) is 5.46. The van der Waals surface area contributed by atoms with Crippen LogP contribution in [0.4, 0.5) is 0 Å². The van der Waals surface area contributed by atoms with Crippen molar-refractivity contribution in [3.8, 4) is 5.75 Å². The summed E-state index contributed by atoms with van der Waals surface area (Å²) < 4.78 is 0. The molecule has 0 aliphatic carbocycles. The highest BCUT2D eigenvalue weighted by molar-refractivity contribution is 5.86. The van der Waals surface area contributed by atoms with Crippen LogP contribution in [0.15, 0.2) is 18.2 Å². The van der Waals surface area contributed by atoms with Gasteiger partial charge in [0.05, 0.1) is 6.04 Å². The molecule has 17 heavy (non-hydrogen) atoms. The van der Waals surface area contributed by atoms with Gasteiger partial charge in [-0.15, -0.1) is 0 Å². The van der Waals surface area contributed by atoms with Gasteiger partial charge in [0.25, 0.3) is 0 Å². The highest BCUT2D eigenvalue weighted by atomic mass is 16.3. The van der Waals surface area contributed by atoms with Gasteiger partial charge in [0.2, 0.25) is 5.91 Å². The van der Waals surface area contributed by atoms with Crippen LogP contribution in [0.5, 0.6) is 5.75 Å². The summed E-state index contributed by atoms with van der Waals surface area (Å²) in [6.45, 7) is 4.63. The van der Waals surface area contributed by atoms with Crippen LogP contribution in [0.3, 0.4) is 0 Å². The molecule has 92 valence electrons. The molecular weight excluding hydrogens is 218 g/mol. The Kier molecular flexibility index (Phi) is 4.26. The number of nitrogens with one attached hydrogen (secondary N) is 1. The number of aryl methyl sites for hydroxylation is 1. The van der Waals surface area contributed by atoms with Crippen LogP contribution in [0.2, 0.25) is 0 Å². The monoisotopic (exact) mass is 235 g/mol. The molecule has 0 aromatic heterocycles. The molecule has 2 N–H and O–H groups in total. The molecule has 4 nitrogen and oxygen atoms in total. The first kappa shape index (κ1) is 13.2. The first-order chi connectivity index (χ1) is 7.90. The Morgan fingerprint density at radius 2 is 2.00 bits per heavy atom. The van der Waals surface area contributed by atoms with E-state index in [1.807, 2.05) is 6.07 Å². The number of aromatic hydroxyl groups is 1. The van der Waals surface area contributed by atoms with Crippen LogP contribution in [-0.2, 0) is 16.0 Å². The quantitative estimate of drug-likeness (QED) is 0.827. The molecular formula is C13H17NO3. The van der Waals surface area contributed by atoms with Gasteiger partial charge in [-0.1, -0.05) is 12.1 Å². The molecule has 0 heterocycles. The van der Waals surface area contributed by atoms with Gasteiger partial charge in [-0.05, 0) is 37.5 Å². The van der Waals surface area contributed by atoms with E-state index in [4.69, 9.17) is 0 Å². The number of carbonyl (C=O) groups excluding carboxylic acids is 2. The number of Topliss-reactive ketones (excluding diaryl/α,β-unsaturated/α-hetero) is 1. The second kappa shape index (κ2) is 5.48. The Morgan fingerprint density at radius 1 is 1.35 bits per heavy atom. The van der Waals surface area contributed by atoms with Crippen LogP contribution >= 0.6 is 0 Å². The number of hydrogen-bond donors (Lipinski definition) is 2. The summed E-state index contributed by atoms with van der Waals surface area (Å²) in [7, 11) is 0. The fourth-order valence-electron chi connectivity index (χ4n) is 1.62. The van der Waals surface area contributed by atoms with E-state index in [9.17, 15) is 14.7 Å². The summed E-state index contributed by atoms with van der Waals surface area (Å²) in [5.41, 5.74) is 1.67. The van der Waals surface area contributed by atoms with E-state index < -0.39 is 6.04 Å². The van der Waals surface area contributed by atoms with Crippen molar-refractivity contribution >= 4 is 11.7 Å². The Bertz CT molecular complexity index is 440. The molecule has 1 amide bonds. The molecule has 0 aliphatic heterocycles. The summed E-state index contributed by atoms with van der Waals surface area (Å²) in [4.78, 5) is 22.3. The van der Waals surface area contributed by atoms with Gasteiger partial charge in [0.1, 0.15) is 5.75 Å². The number of phenolic OH excluding ortho intramolecular Hbond substituents is 1. The molecule has 1 aromatic rings. The molecule has 1 atom stereocenters. The van der Waals surface area contributed by atoms with Crippen molar-refractivity contribution in [2.75, 3.05) is 0 Å². The number of carbonyl (C=O) groups is 2. The zero-order valence-corrected chi connectivity index (χ0v) is 10.3. The smallest absolute Gasteiger partial charge is 0.217 e. The number of benzene rings is 1. The van der Waals surface area contributed by atoms with Crippen molar-refractivity contribution in [3.05, 3.63) is 29.3 Å². The van der Waals surface area contributed by atoms with Gasteiger partial charge in [0, 0.05) is 6.92 Å². The normalized spacial score (nSPS) is 11.9.